The average molecular weight is 364 g/mol. The first-order valence-corrected chi connectivity index (χ1v) is 9.08. The molecule has 0 atom stereocenters. The number of aryl methyl sites for hydroxylation is 2. The highest BCUT2D eigenvalue weighted by molar-refractivity contribution is 7.91. The van der Waals surface area contributed by atoms with E-state index < -0.39 is 15.8 Å². The number of aromatic nitrogens is 1. The van der Waals surface area contributed by atoms with Crippen LogP contribution < -0.4 is 0 Å². The molecule has 1 heterocycles. The number of rotatable bonds is 6. The largest absolute Gasteiger partial charge is 0.478 e. The van der Waals surface area contributed by atoms with Gasteiger partial charge in [0.05, 0.1) is 15.4 Å². The van der Waals surface area contributed by atoms with E-state index in [0.717, 1.165) is 6.07 Å². The number of carboxylic acid groups (broad SMARTS) is 1. The predicted molar refractivity (Wildman–Crippen MR) is 91.4 cm³/mol. The summed E-state index contributed by atoms with van der Waals surface area (Å²) in [4.78, 5) is 27.2. The molecule has 0 bridgehead atoms. The molecule has 2 aromatic rings. The number of carbonyl (C=O) groups excluding carboxylic acids is 1. The second kappa shape index (κ2) is 7.10. The van der Waals surface area contributed by atoms with Crippen LogP contribution in [0.25, 0.3) is 0 Å². The highest BCUT2D eigenvalue weighted by Crippen LogP contribution is 2.28. The third-order valence-corrected chi connectivity index (χ3v) is 5.84. The van der Waals surface area contributed by atoms with Crippen LogP contribution >= 0.6 is 0 Å². The van der Waals surface area contributed by atoms with Crippen LogP contribution in [0.15, 0.2) is 40.3 Å². The van der Waals surface area contributed by atoms with Crippen molar-refractivity contribution in [3.8, 4) is 0 Å². The van der Waals surface area contributed by atoms with Gasteiger partial charge in [-0.05, 0) is 37.1 Å². The number of carbonyl (C=O) groups is 2. The Kier molecular flexibility index (Phi) is 5.32. The number of benzene rings is 1. The van der Waals surface area contributed by atoms with Crippen molar-refractivity contribution in [3.63, 3.8) is 0 Å². The van der Waals surface area contributed by atoms with E-state index in [4.69, 9.17) is 5.11 Å². The summed E-state index contributed by atoms with van der Waals surface area (Å²) in [6.07, 6.45) is 2.03. The Morgan fingerprint density at radius 1 is 1.24 bits per heavy atom. The molecule has 134 valence electrons. The summed E-state index contributed by atoms with van der Waals surface area (Å²) in [6.45, 7) is 1.63. The molecular formula is C17H20N2O5S. The molecule has 1 aromatic carbocycles. The average Bonchev–Trinajstić information content (AvgIpc) is 2.94. The van der Waals surface area contributed by atoms with E-state index in [-0.39, 0.29) is 34.1 Å². The van der Waals surface area contributed by atoms with Crippen LogP contribution in [0.5, 0.6) is 0 Å². The quantitative estimate of drug-likeness (QED) is 0.814. The van der Waals surface area contributed by atoms with Gasteiger partial charge in [-0.15, -0.1) is 0 Å². The van der Waals surface area contributed by atoms with Crippen molar-refractivity contribution in [1.29, 1.82) is 0 Å². The van der Waals surface area contributed by atoms with Gasteiger partial charge in [0.25, 0.3) is 0 Å². The van der Waals surface area contributed by atoms with Crippen LogP contribution in [0.2, 0.25) is 0 Å². The molecule has 0 aliphatic carbocycles. The van der Waals surface area contributed by atoms with Gasteiger partial charge in [-0.1, -0.05) is 6.07 Å². The molecule has 2 rings (SSSR count). The lowest BCUT2D eigenvalue weighted by Gasteiger charge is -2.11. The summed E-state index contributed by atoms with van der Waals surface area (Å²) in [6, 6.07) is 5.23. The molecule has 8 heteroatoms. The number of nitrogens with one attached hydrogen (secondary N) is 1. The van der Waals surface area contributed by atoms with Gasteiger partial charge in [0.2, 0.25) is 15.7 Å². The molecule has 0 fully saturated rings. The second-order valence-corrected chi connectivity index (χ2v) is 7.78. The number of aromatic carboxylic acids is 1. The van der Waals surface area contributed by atoms with Crippen molar-refractivity contribution in [3.05, 3.63) is 47.3 Å². The first-order valence-electron chi connectivity index (χ1n) is 7.60. The number of carboxylic acids is 1. The minimum atomic E-state index is -3.90. The van der Waals surface area contributed by atoms with E-state index in [9.17, 15) is 18.0 Å². The number of hydrogen-bond acceptors (Lipinski definition) is 4. The molecule has 0 unspecified atom stereocenters. The van der Waals surface area contributed by atoms with E-state index in [0.29, 0.717) is 11.3 Å². The van der Waals surface area contributed by atoms with Crippen LogP contribution in [0.1, 0.15) is 28.0 Å². The standard InChI is InChI=1S/C17H20N2O5S/c1-11-16(13(10-18-11)7-8-15(20)19(2)3)25(23,24)14-6-4-5-12(9-14)17(21)22/h4-6,9-10,18H,7-8H2,1-3H3,(H,21,22). The Morgan fingerprint density at radius 3 is 2.52 bits per heavy atom. The summed E-state index contributed by atoms with van der Waals surface area (Å²) in [5.74, 6) is -1.30. The molecule has 0 saturated carbocycles. The van der Waals surface area contributed by atoms with Crippen LogP contribution in [-0.4, -0.2) is 49.4 Å². The Hall–Kier alpha value is -2.61. The van der Waals surface area contributed by atoms with Crippen molar-refractivity contribution < 1.29 is 23.1 Å². The topological polar surface area (TPSA) is 108 Å². The van der Waals surface area contributed by atoms with Crippen LogP contribution in [0.4, 0.5) is 0 Å². The Labute approximate surface area is 146 Å². The molecule has 0 spiro atoms. The monoisotopic (exact) mass is 364 g/mol. The summed E-state index contributed by atoms with van der Waals surface area (Å²) in [5, 5.41) is 9.07. The van der Waals surface area contributed by atoms with E-state index in [1.54, 1.807) is 27.2 Å². The van der Waals surface area contributed by atoms with Gasteiger partial charge in [0, 0.05) is 32.4 Å². The summed E-state index contributed by atoms with van der Waals surface area (Å²) in [5.41, 5.74) is 0.861. The Morgan fingerprint density at radius 2 is 1.92 bits per heavy atom. The zero-order valence-corrected chi connectivity index (χ0v) is 15.1. The number of nitrogens with zero attached hydrogens (tertiary/aromatic N) is 1. The smallest absolute Gasteiger partial charge is 0.335 e. The summed E-state index contributed by atoms with van der Waals surface area (Å²) in [7, 11) is -0.623. The van der Waals surface area contributed by atoms with Gasteiger partial charge in [0.1, 0.15) is 0 Å². The van der Waals surface area contributed by atoms with Crippen molar-refractivity contribution in [2.24, 2.45) is 0 Å². The lowest BCUT2D eigenvalue weighted by molar-refractivity contribution is -0.128. The Bertz CT molecular complexity index is 913. The number of hydrogen-bond donors (Lipinski definition) is 2. The number of H-pyrrole nitrogens is 1. The zero-order chi connectivity index (χ0) is 18.8. The van der Waals surface area contributed by atoms with E-state index in [1.165, 1.54) is 23.1 Å². The van der Waals surface area contributed by atoms with Crippen LogP contribution in [-0.2, 0) is 21.1 Å². The molecule has 2 N–H and O–H groups in total. The highest BCUT2D eigenvalue weighted by Gasteiger charge is 2.26. The second-order valence-electron chi connectivity index (χ2n) is 5.89. The van der Waals surface area contributed by atoms with E-state index in [2.05, 4.69) is 4.98 Å². The maximum absolute atomic E-state index is 13.0. The fourth-order valence-electron chi connectivity index (χ4n) is 2.51. The van der Waals surface area contributed by atoms with E-state index >= 15 is 0 Å². The molecule has 1 amide bonds. The maximum Gasteiger partial charge on any atom is 0.335 e. The van der Waals surface area contributed by atoms with E-state index in [1.807, 2.05) is 0 Å². The van der Waals surface area contributed by atoms with Gasteiger partial charge < -0.3 is 15.0 Å². The van der Waals surface area contributed by atoms with Crippen LogP contribution in [0.3, 0.4) is 0 Å². The fourth-order valence-corrected chi connectivity index (χ4v) is 4.25. The van der Waals surface area contributed by atoms with Crippen molar-refractivity contribution in [1.82, 2.24) is 9.88 Å². The minimum Gasteiger partial charge on any atom is -0.478 e. The van der Waals surface area contributed by atoms with Crippen molar-refractivity contribution in [2.75, 3.05) is 14.1 Å². The molecule has 0 aliphatic heterocycles. The van der Waals surface area contributed by atoms with Crippen molar-refractivity contribution in [2.45, 2.75) is 29.6 Å². The first-order chi connectivity index (χ1) is 11.6. The van der Waals surface area contributed by atoms with Gasteiger partial charge >= 0.3 is 5.97 Å². The number of aromatic amines is 1. The van der Waals surface area contributed by atoms with Gasteiger partial charge in [-0.25, -0.2) is 13.2 Å². The molecule has 0 radical (unpaired) electrons. The van der Waals surface area contributed by atoms with Crippen molar-refractivity contribution >= 4 is 21.7 Å². The molecule has 1 aromatic heterocycles. The third-order valence-electron chi connectivity index (χ3n) is 3.86. The lowest BCUT2D eigenvalue weighted by atomic mass is 10.1. The molecule has 7 nitrogen and oxygen atoms in total. The minimum absolute atomic E-state index is 0.0877. The summed E-state index contributed by atoms with van der Waals surface area (Å²) < 4.78 is 26.0. The number of sulfone groups is 1. The summed E-state index contributed by atoms with van der Waals surface area (Å²) >= 11 is 0. The first kappa shape index (κ1) is 18.7. The highest BCUT2D eigenvalue weighted by atomic mass is 32.2. The van der Waals surface area contributed by atoms with Gasteiger partial charge in [-0.2, -0.15) is 0 Å². The Balaban J connectivity index is 2.43. The lowest BCUT2D eigenvalue weighted by Crippen LogP contribution is -2.22. The fraction of sp³-hybridized carbons (Fsp3) is 0.294. The molecular weight excluding hydrogens is 344 g/mol. The normalized spacial score (nSPS) is 11.3. The molecule has 25 heavy (non-hydrogen) atoms. The van der Waals surface area contributed by atoms with Gasteiger partial charge in [0.15, 0.2) is 0 Å². The number of amides is 1. The van der Waals surface area contributed by atoms with Crippen LogP contribution in [0, 0.1) is 6.92 Å². The zero-order valence-electron chi connectivity index (χ0n) is 14.2. The predicted octanol–water partition coefficient (Wildman–Crippen LogP) is 1.87. The third kappa shape index (κ3) is 3.90. The SMILES string of the molecule is Cc1[nH]cc(CCC(=O)N(C)C)c1S(=O)(=O)c1cccc(C(=O)O)c1. The molecule has 0 saturated heterocycles. The molecule has 0 aliphatic rings. The maximum atomic E-state index is 13.0. The van der Waals surface area contributed by atoms with Gasteiger partial charge in [-0.3, -0.25) is 4.79 Å².